The third-order valence-corrected chi connectivity index (χ3v) is 0.817. The van der Waals surface area contributed by atoms with Crippen molar-refractivity contribution in [1.29, 1.82) is 0 Å². The predicted molar refractivity (Wildman–Crippen MR) is 34.5 cm³/mol. The maximum atomic E-state index is 10.5. The molecule has 0 aromatic heterocycles. The largest absolute Gasteiger partial charge is 0.465 e. The van der Waals surface area contributed by atoms with Gasteiger partial charge in [0.2, 0.25) is 0 Å². The van der Waals surface area contributed by atoms with Crippen molar-refractivity contribution in [3.8, 4) is 0 Å². The molecule has 0 aromatic rings. The van der Waals surface area contributed by atoms with Gasteiger partial charge in [-0.1, -0.05) is 6.58 Å². The maximum absolute atomic E-state index is 10.5. The number of carbonyl (C=O) groups excluding carboxylic acids is 1. The van der Waals surface area contributed by atoms with Crippen LogP contribution in [-0.2, 0) is 0 Å². The second-order valence-electron chi connectivity index (χ2n) is 1.50. The molecule has 0 aromatic carbocycles. The van der Waals surface area contributed by atoms with E-state index in [9.17, 15) is 9.59 Å². The molecular formula is C5H8N2O3. The van der Waals surface area contributed by atoms with Crippen LogP contribution in [0.2, 0.25) is 0 Å². The molecule has 0 bridgehead atoms. The van der Waals surface area contributed by atoms with Crippen LogP contribution in [0.3, 0.4) is 0 Å². The van der Waals surface area contributed by atoms with Gasteiger partial charge in [0.15, 0.2) is 0 Å². The molecule has 0 atom stereocenters. The molecule has 0 rings (SSSR count). The first-order chi connectivity index (χ1) is 4.59. The van der Waals surface area contributed by atoms with Crippen LogP contribution in [0.1, 0.15) is 0 Å². The van der Waals surface area contributed by atoms with E-state index in [1.54, 1.807) is 0 Å². The number of carboxylic acid groups (broad SMARTS) is 1. The molecule has 5 heteroatoms. The van der Waals surface area contributed by atoms with Gasteiger partial charge in [0, 0.05) is 7.05 Å². The van der Waals surface area contributed by atoms with E-state index in [2.05, 4.69) is 11.9 Å². The van der Waals surface area contributed by atoms with Gasteiger partial charge in [-0.15, -0.1) is 0 Å². The first-order valence-corrected chi connectivity index (χ1v) is 2.47. The summed E-state index contributed by atoms with van der Waals surface area (Å²) in [6, 6.07) is -0.720. The summed E-state index contributed by atoms with van der Waals surface area (Å²) in [5.74, 6) is 0. The number of carbonyl (C=O) groups is 2. The van der Waals surface area contributed by atoms with Gasteiger partial charge in [0.25, 0.3) is 0 Å². The number of hydrogen-bond donors (Lipinski definition) is 2. The van der Waals surface area contributed by atoms with Crippen LogP contribution in [0.25, 0.3) is 0 Å². The van der Waals surface area contributed by atoms with E-state index in [-0.39, 0.29) is 0 Å². The first-order valence-electron chi connectivity index (χ1n) is 2.47. The highest BCUT2D eigenvalue weighted by molar-refractivity contribution is 5.89. The van der Waals surface area contributed by atoms with Crippen molar-refractivity contribution >= 4 is 12.1 Å². The predicted octanol–water partition coefficient (Wildman–Crippen LogP) is 0.449. The molecule has 5 nitrogen and oxygen atoms in total. The molecule has 10 heavy (non-hydrogen) atoms. The second-order valence-corrected chi connectivity index (χ2v) is 1.50. The minimum atomic E-state index is -1.31. The molecule has 3 amide bonds. The number of nitrogens with zero attached hydrogens (tertiary/aromatic N) is 1. The monoisotopic (exact) mass is 144 g/mol. The van der Waals surface area contributed by atoms with Crippen molar-refractivity contribution in [1.82, 2.24) is 10.2 Å². The van der Waals surface area contributed by atoms with Crippen LogP contribution >= 0.6 is 0 Å². The van der Waals surface area contributed by atoms with Crippen LogP contribution in [-0.4, -0.2) is 29.2 Å². The molecule has 0 fully saturated rings. The number of urea groups is 1. The third kappa shape index (κ3) is 2.17. The molecule has 0 saturated heterocycles. The van der Waals surface area contributed by atoms with Gasteiger partial charge in [0.05, 0.1) is 0 Å². The molecule has 0 aliphatic rings. The first kappa shape index (κ1) is 8.48. The summed E-state index contributed by atoms with van der Waals surface area (Å²) in [6.45, 7) is 3.19. The van der Waals surface area contributed by atoms with Crippen molar-refractivity contribution in [3.63, 3.8) is 0 Å². The summed E-state index contributed by atoms with van der Waals surface area (Å²) in [7, 11) is 1.14. The number of amides is 3. The summed E-state index contributed by atoms with van der Waals surface area (Å²) >= 11 is 0. The lowest BCUT2D eigenvalue weighted by Gasteiger charge is -2.08. The summed E-state index contributed by atoms with van der Waals surface area (Å²) < 4.78 is 0. The van der Waals surface area contributed by atoms with Gasteiger partial charge >= 0.3 is 12.1 Å². The quantitative estimate of drug-likeness (QED) is 0.561. The molecular weight excluding hydrogens is 136 g/mol. The van der Waals surface area contributed by atoms with E-state index in [1.165, 1.54) is 0 Å². The summed E-state index contributed by atoms with van der Waals surface area (Å²) in [4.78, 5) is 21.1. The van der Waals surface area contributed by atoms with E-state index in [0.717, 1.165) is 13.2 Å². The van der Waals surface area contributed by atoms with Gasteiger partial charge in [-0.05, 0) is 6.20 Å². The normalized spacial score (nSPS) is 8.10. The molecule has 0 unspecified atom stereocenters. The Morgan fingerprint density at radius 3 is 2.50 bits per heavy atom. The van der Waals surface area contributed by atoms with Gasteiger partial charge in [0.1, 0.15) is 0 Å². The molecule has 0 radical (unpaired) electrons. The minimum Gasteiger partial charge on any atom is -0.465 e. The zero-order valence-electron chi connectivity index (χ0n) is 5.50. The zero-order chi connectivity index (χ0) is 8.15. The van der Waals surface area contributed by atoms with Crippen molar-refractivity contribution < 1.29 is 14.7 Å². The Morgan fingerprint density at radius 1 is 1.70 bits per heavy atom. The van der Waals surface area contributed by atoms with Crippen LogP contribution in [0.5, 0.6) is 0 Å². The molecule has 0 heterocycles. The number of imide groups is 1. The third-order valence-electron chi connectivity index (χ3n) is 0.817. The standard InChI is InChI=1S/C5H8N2O3/c1-3-6-4(8)7(2)5(9)10/h3H,1H2,2H3,(H,6,8)(H,9,10). The van der Waals surface area contributed by atoms with Crippen molar-refractivity contribution in [2.45, 2.75) is 0 Å². The molecule has 0 aliphatic carbocycles. The average Bonchev–Trinajstić information content (AvgIpc) is 1.87. The summed E-state index contributed by atoms with van der Waals surface area (Å²) in [5.41, 5.74) is 0. The lowest BCUT2D eigenvalue weighted by atomic mass is 10.7. The Balaban J connectivity index is 3.94. The van der Waals surface area contributed by atoms with Crippen LogP contribution in [0, 0.1) is 0 Å². The van der Waals surface area contributed by atoms with E-state index >= 15 is 0 Å². The number of hydrogen-bond acceptors (Lipinski definition) is 2. The van der Waals surface area contributed by atoms with Gasteiger partial charge in [-0.2, -0.15) is 0 Å². The zero-order valence-corrected chi connectivity index (χ0v) is 5.50. The van der Waals surface area contributed by atoms with E-state index in [1.807, 2.05) is 0 Å². The van der Waals surface area contributed by atoms with Crippen molar-refractivity contribution in [2.75, 3.05) is 7.05 Å². The highest BCUT2D eigenvalue weighted by atomic mass is 16.4. The molecule has 0 aliphatic heterocycles. The summed E-state index contributed by atoms with van der Waals surface area (Å²) in [6.07, 6.45) is -0.193. The lowest BCUT2D eigenvalue weighted by Crippen LogP contribution is -2.37. The van der Waals surface area contributed by atoms with Crippen LogP contribution in [0.4, 0.5) is 9.59 Å². The fourth-order valence-corrected chi connectivity index (χ4v) is 0.271. The van der Waals surface area contributed by atoms with Crippen LogP contribution < -0.4 is 5.32 Å². The van der Waals surface area contributed by atoms with Crippen molar-refractivity contribution in [3.05, 3.63) is 12.8 Å². The minimum absolute atomic E-state index is 0.516. The SMILES string of the molecule is C=CNC(=O)N(C)C(=O)O. The lowest BCUT2D eigenvalue weighted by molar-refractivity contribution is 0.158. The smallest absolute Gasteiger partial charge is 0.415 e. The van der Waals surface area contributed by atoms with E-state index in [4.69, 9.17) is 5.11 Å². The van der Waals surface area contributed by atoms with Gasteiger partial charge in [-0.25, -0.2) is 14.5 Å². The van der Waals surface area contributed by atoms with E-state index < -0.39 is 12.1 Å². The molecule has 56 valence electrons. The van der Waals surface area contributed by atoms with Crippen LogP contribution in [0.15, 0.2) is 12.8 Å². The Kier molecular flexibility index (Phi) is 2.96. The number of rotatable bonds is 1. The molecule has 2 N–H and O–H groups in total. The fourth-order valence-electron chi connectivity index (χ4n) is 0.271. The molecule has 0 saturated carbocycles. The second kappa shape index (κ2) is 3.49. The highest BCUT2D eigenvalue weighted by Crippen LogP contribution is 1.83. The topological polar surface area (TPSA) is 69.6 Å². The Morgan fingerprint density at radius 2 is 2.20 bits per heavy atom. The Hall–Kier alpha value is -1.52. The Labute approximate surface area is 57.9 Å². The van der Waals surface area contributed by atoms with E-state index in [0.29, 0.717) is 4.90 Å². The Bertz CT molecular complexity index is 166. The van der Waals surface area contributed by atoms with Crippen molar-refractivity contribution in [2.24, 2.45) is 0 Å². The maximum Gasteiger partial charge on any atom is 0.415 e. The highest BCUT2D eigenvalue weighted by Gasteiger charge is 2.12. The van der Waals surface area contributed by atoms with Gasteiger partial charge < -0.3 is 10.4 Å². The summed E-state index contributed by atoms with van der Waals surface area (Å²) in [5, 5.41) is 10.3. The average molecular weight is 144 g/mol. The molecule has 0 spiro atoms. The number of nitrogens with one attached hydrogen (secondary N) is 1. The fraction of sp³-hybridized carbons (Fsp3) is 0.200. The van der Waals surface area contributed by atoms with Gasteiger partial charge in [-0.3, -0.25) is 0 Å².